The van der Waals surface area contributed by atoms with E-state index in [9.17, 15) is 14.4 Å². The first-order valence-electron chi connectivity index (χ1n) is 9.98. The maximum atomic E-state index is 12.7. The number of esters is 1. The number of anilines is 1. The van der Waals surface area contributed by atoms with Gasteiger partial charge < -0.3 is 15.4 Å². The summed E-state index contributed by atoms with van der Waals surface area (Å²) in [5, 5.41) is 5.66. The zero-order valence-corrected chi connectivity index (χ0v) is 17.6. The maximum Gasteiger partial charge on any atom is 0.330 e. The summed E-state index contributed by atoms with van der Waals surface area (Å²) in [4.78, 5) is 36.4. The van der Waals surface area contributed by atoms with Crippen molar-refractivity contribution in [3.05, 3.63) is 71.8 Å². The molecule has 0 saturated heterocycles. The molecule has 6 nitrogen and oxygen atoms in total. The highest BCUT2D eigenvalue weighted by Gasteiger charge is 2.24. The van der Waals surface area contributed by atoms with Gasteiger partial charge >= 0.3 is 5.97 Å². The van der Waals surface area contributed by atoms with Gasteiger partial charge in [-0.15, -0.1) is 0 Å². The number of nitrogens with one attached hydrogen (secondary N) is 2. The van der Waals surface area contributed by atoms with Gasteiger partial charge in [-0.3, -0.25) is 9.59 Å². The van der Waals surface area contributed by atoms with Gasteiger partial charge in [0.25, 0.3) is 0 Å². The van der Waals surface area contributed by atoms with E-state index in [2.05, 4.69) is 10.6 Å². The molecule has 0 aliphatic heterocycles. The Labute approximate surface area is 177 Å². The highest BCUT2D eigenvalue weighted by Crippen LogP contribution is 2.13. The van der Waals surface area contributed by atoms with Crippen molar-refractivity contribution in [2.75, 3.05) is 11.9 Å². The molecule has 0 aromatic heterocycles. The molecule has 30 heavy (non-hydrogen) atoms. The molecule has 0 aliphatic rings. The summed E-state index contributed by atoms with van der Waals surface area (Å²) in [6.45, 7) is 5.84. The quantitative estimate of drug-likeness (QED) is 0.491. The minimum Gasteiger partial charge on any atom is -0.463 e. The van der Waals surface area contributed by atoms with Gasteiger partial charge in [0.1, 0.15) is 6.04 Å². The molecule has 6 heteroatoms. The molecule has 158 valence electrons. The van der Waals surface area contributed by atoms with Crippen molar-refractivity contribution in [2.24, 2.45) is 5.92 Å². The second-order valence-corrected chi connectivity index (χ2v) is 7.15. The molecule has 0 saturated carbocycles. The second kappa shape index (κ2) is 11.6. The van der Waals surface area contributed by atoms with Crippen LogP contribution in [0.25, 0.3) is 6.08 Å². The third-order valence-electron chi connectivity index (χ3n) is 4.35. The molecule has 2 aromatic rings. The first-order chi connectivity index (χ1) is 14.4. The van der Waals surface area contributed by atoms with Gasteiger partial charge in [0.2, 0.25) is 11.8 Å². The highest BCUT2D eigenvalue weighted by atomic mass is 16.5. The van der Waals surface area contributed by atoms with Crippen LogP contribution in [-0.4, -0.2) is 30.4 Å². The largest absolute Gasteiger partial charge is 0.463 e. The summed E-state index contributed by atoms with van der Waals surface area (Å²) in [6.07, 6.45) is 3.22. The lowest BCUT2D eigenvalue weighted by molar-refractivity contribution is -0.137. The molecule has 0 fully saturated rings. The predicted octanol–water partition coefficient (Wildman–Crippen LogP) is 3.58. The third-order valence-corrected chi connectivity index (χ3v) is 4.35. The van der Waals surface area contributed by atoms with Crippen molar-refractivity contribution < 1.29 is 19.1 Å². The average molecular weight is 408 g/mol. The molecule has 0 unspecified atom stereocenters. The standard InChI is InChI=1S/C24H28N2O4/c1-4-30-22(28)15-12-18-10-13-20(14-11-18)25-24(29)23(17(2)3)26-21(27)16-19-8-6-5-7-9-19/h5-15,17,23H,4,16H2,1-3H3,(H,25,29)(H,26,27)/b15-12+/t23-/m0/s1. The van der Waals surface area contributed by atoms with Crippen LogP contribution in [-0.2, 0) is 25.5 Å². The SMILES string of the molecule is CCOC(=O)/C=C/c1ccc(NC(=O)[C@@H](NC(=O)Cc2ccccc2)C(C)C)cc1. The van der Waals surface area contributed by atoms with Gasteiger partial charge in [-0.05, 0) is 42.2 Å². The van der Waals surface area contributed by atoms with Crippen molar-refractivity contribution in [2.45, 2.75) is 33.2 Å². The van der Waals surface area contributed by atoms with E-state index >= 15 is 0 Å². The molecule has 2 rings (SSSR count). The molecule has 0 bridgehead atoms. The Balaban J connectivity index is 1.95. The van der Waals surface area contributed by atoms with Gasteiger partial charge in [-0.25, -0.2) is 4.79 Å². The van der Waals surface area contributed by atoms with E-state index in [1.54, 1.807) is 37.3 Å². The van der Waals surface area contributed by atoms with Crippen molar-refractivity contribution >= 4 is 29.5 Å². The Hall–Kier alpha value is -3.41. The monoisotopic (exact) mass is 408 g/mol. The smallest absolute Gasteiger partial charge is 0.330 e. The van der Waals surface area contributed by atoms with E-state index in [0.717, 1.165) is 11.1 Å². The zero-order chi connectivity index (χ0) is 21.9. The summed E-state index contributed by atoms with van der Waals surface area (Å²) in [7, 11) is 0. The lowest BCUT2D eigenvalue weighted by Crippen LogP contribution is -2.47. The Kier molecular flexibility index (Phi) is 8.81. The number of benzene rings is 2. The minimum atomic E-state index is -0.649. The maximum absolute atomic E-state index is 12.7. The Bertz CT molecular complexity index is 874. The lowest BCUT2D eigenvalue weighted by atomic mass is 10.0. The molecule has 0 aliphatic carbocycles. The number of rotatable bonds is 9. The molecule has 2 N–H and O–H groups in total. The van der Waals surface area contributed by atoms with E-state index in [1.807, 2.05) is 44.2 Å². The summed E-state index contributed by atoms with van der Waals surface area (Å²) in [6, 6.07) is 15.8. The van der Waals surface area contributed by atoms with Crippen LogP contribution in [0.1, 0.15) is 31.9 Å². The van der Waals surface area contributed by atoms with Gasteiger partial charge in [-0.2, -0.15) is 0 Å². The minimum absolute atomic E-state index is 0.0727. The molecular weight excluding hydrogens is 380 g/mol. The zero-order valence-electron chi connectivity index (χ0n) is 17.6. The van der Waals surface area contributed by atoms with Crippen molar-refractivity contribution in [3.8, 4) is 0 Å². The molecular formula is C24H28N2O4. The van der Waals surface area contributed by atoms with Gasteiger partial charge in [0.15, 0.2) is 0 Å². The molecule has 1 atom stereocenters. The second-order valence-electron chi connectivity index (χ2n) is 7.15. The van der Waals surface area contributed by atoms with Crippen LogP contribution in [0.5, 0.6) is 0 Å². The average Bonchev–Trinajstić information content (AvgIpc) is 2.72. The van der Waals surface area contributed by atoms with Crippen molar-refractivity contribution in [3.63, 3.8) is 0 Å². The highest BCUT2D eigenvalue weighted by molar-refractivity contribution is 5.97. The Morgan fingerprint density at radius 3 is 2.27 bits per heavy atom. The van der Waals surface area contributed by atoms with Gasteiger partial charge in [0.05, 0.1) is 13.0 Å². The van der Waals surface area contributed by atoms with Crippen LogP contribution in [0.15, 0.2) is 60.7 Å². The fourth-order valence-corrected chi connectivity index (χ4v) is 2.79. The fraction of sp³-hybridized carbons (Fsp3) is 0.292. The van der Waals surface area contributed by atoms with Crippen LogP contribution in [0.3, 0.4) is 0 Å². The normalized spacial score (nSPS) is 11.9. The third kappa shape index (κ3) is 7.54. The van der Waals surface area contributed by atoms with E-state index < -0.39 is 12.0 Å². The summed E-state index contributed by atoms with van der Waals surface area (Å²) < 4.78 is 4.84. The van der Waals surface area contributed by atoms with Crippen LogP contribution in [0, 0.1) is 5.92 Å². The lowest BCUT2D eigenvalue weighted by Gasteiger charge is -2.22. The first-order valence-corrected chi connectivity index (χ1v) is 9.98. The molecule has 2 amide bonds. The van der Waals surface area contributed by atoms with Crippen molar-refractivity contribution in [1.29, 1.82) is 0 Å². The summed E-state index contributed by atoms with van der Waals surface area (Å²) in [5.41, 5.74) is 2.30. The molecule has 2 aromatic carbocycles. The van der Waals surface area contributed by atoms with E-state index in [-0.39, 0.29) is 24.2 Å². The number of hydrogen-bond acceptors (Lipinski definition) is 4. The summed E-state index contributed by atoms with van der Waals surface area (Å²) in [5.74, 6) is -0.951. The van der Waals surface area contributed by atoms with Crippen LogP contribution in [0.4, 0.5) is 5.69 Å². The topological polar surface area (TPSA) is 84.5 Å². The van der Waals surface area contributed by atoms with E-state index in [0.29, 0.717) is 12.3 Å². The molecule has 0 spiro atoms. The van der Waals surface area contributed by atoms with Crippen molar-refractivity contribution in [1.82, 2.24) is 5.32 Å². The van der Waals surface area contributed by atoms with E-state index in [4.69, 9.17) is 4.74 Å². The molecule has 0 radical (unpaired) electrons. The number of ether oxygens (including phenoxy) is 1. The predicted molar refractivity (Wildman–Crippen MR) is 118 cm³/mol. The van der Waals surface area contributed by atoms with Crippen LogP contribution in [0.2, 0.25) is 0 Å². The van der Waals surface area contributed by atoms with Crippen LogP contribution >= 0.6 is 0 Å². The number of carbonyl (C=O) groups is 3. The Morgan fingerprint density at radius 2 is 1.67 bits per heavy atom. The van der Waals surface area contributed by atoms with Gasteiger partial charge in [-0.1, -0.05) is 56.3 Å². The summed E-state index contributed by atoms with van der Waals surface area (Å²) >= 11 is 0. The number of amides is 2. The van der Waals surface area contributed by atoms with Gasteiger partial charge in [0, 0.05) is 11.8 Å². The molecule has 0 heterocycles. The fourth-order valence-electron chi connectivity index (χ4n) is 2.79. The van der Waals surface area contributed by atoms with Crippen LogP contribution < -0.4 is 10.6 Å². The Morgan fingerprint density at radius 1 is 1.00 bits per heavy atom. The first kappa shape index (κ1) is 22.9. The number of carbonyl (C=O) groups excluding carboxylic acids is 3. The number of hydrogen-bond donors (Lipinski definition) is 2. The van der Waals surface area contributed by atoms with E-state index in [1.165, 1.54) is 6.08 Å².